The maximum Gasteiger partial charge on any atom is 0.333 e. The lowest BCUT2D eigenvalue weighted by molar-refractivity contribution is -0.146. The molecule has 2 unspecified atom stereocenters. The van der Waals surface area contributed by atoms with Gasteiger partial charge in [-0.25, -0.2) is 17.9 Å². The molecule has 0 heterocycles. The second kappa shape index (κ2) is 4.90. The number of aliphatic hydroxyl groups excluding tert-OH is 1. The number of aliphatic hydroxyl groups is 1. The Morgan fingerprint density at radius 1 is 1.64 bits per heavy atom. The molecule has 0 fully saturated rings. The molecule has 0 aromatic carbocycles. The summed E-state index contributed by atoms with van der Waals surface area (Å²) in [7, 11) is -3.87. The van der Waals surface area contributed by atoms with E-state index < -0.39 is 33.9 Å². The third kappa shape index (κ3) is 3.69. The van der Waals surface area contributed by atoms with Crippen LogP contribution in [0.1, 0.15) is 6.92 Å². The molecule has 0 bridgehead atoms. The lowest BCUT2D eigenvalue weighted by Gasteiger charge is -2.09. The topological polar surface area (TPSA) is 127 Å². The van der Waals surface area contributed by atoms with Gasteiger partial charge in [0.05, 0.1) is 6.07 Å². The summed E-state index contributed by atoms with van der Waals surface area (Å²) in [6.07, 6.45) is -1.81. The van der Waals surface area contributed by atoms with Gasteiger partial charge in [-0.1, -0.05) is 0 Å². The summed E-state index contributed by atoms with van der Waals surface area (Å²) in [5.41, 5.74) is 0. The Morgan fingerprint density at radius 2 is 2.14 bits per heavy atom. The van der Waals surface area contributed by atoms with Crippen LogP contribution in [0.5, 0.6) is 0 Å². The van der Waals surface area contributed by atoms with Crippen molar-refractivity contribution >= 4 is 16.0 Å². The van der Waals surface area contributed by atoms with Gasteiger partial charge in [-0.05, 0) is 6.92 Å². The molecule has 0 aromatic heterocycles. The quantitative estimate of drug-likeness (QED) is 0.506. The first-order valence-electron chi connectivity index (χ1n) is 3.60. The van der Waals surface area contributed by atoms with E-state index in [2.05, 4.69) is 0 Å². The van der Waals surface area contributed by atoms with Gasteiger partial charge in [0, 0.05) is 6.54 Å². The number of hydrogen-bond acceptors (Lipinski definition) is 5. The molecule has 8 heteroatoms. The van der Waals surface area contributed by atoms with Crippen LogP contribution >= 0.6 is 0 Å². The second-order valence-electron chi connectivity index (χ2n) is 2.52. The summed E-state index contributed by atoms with van der Waals surface area (Å²) in [4.78, 5) is 10.1. The number of nitrogens with one attached hydrogen (secondary N) is 1. The van der Waals surface area contributed by atoms with Crippen molar-refractivity contribution in [2.75, 3.05) is 6.54 Å². The summed E-state index contributed by atoms with van der Waals surface area (Å²) in [6, 6.07) is 1.48. The Labute approximate surface area is 81.0 Å². The first-order valence-corrected chi connectivity index (χ1v) is 5.15. The number of aliphatic carboxylic acids is 1. The number of nitriles is 1. The van der Waals surface area contributed by atoms with Gasteiger partial charge in [-0.3, -0.25) is 0 Å². The normalized spacial score (nSPS) is 15.5. The molecular weight excluding hydrogens is 212 g/mol. The van der Waals surface area contributed by atoms with Gasteiger partial charge < -0.3 is 10.2 Å². The smallest absolute Gasteiger partial charge is 0.333 e. The average Bonchev–Trinajstić information content (AvgIpc) is 2.12. The molecule has 0 aliphatic rings. The lowest BCUT2D eigenvalue weighted by atomic mass is 10.4. The van der Waals surface area contributed by atoms with Crippen molar-refractivity contribution in [1.29, 1.82) is 5.26 Å². The van der Waals surface area contributed by atoms with Crippen LogP contribution in [-0.2, 0) is 14.8 Å². The van der Waals surface area contributed by atoms with Crippen molar-refractivity contribution in [3.63, 3.8) is 0 Å². The van der Waals surface area contributed by atoms with Crippen LogP contribution in [0.2, 0.25) is 0 Å². The highest BCUT2D eigenvalue weighted by molar-refractivity contribution is 7.90. The van der Waals surface area contributed by atoms with Gasteiger partial charge in [-0.15, -0.1) is 0 Å². The van der Waals surface area contributed by atoms with Gasteiger partial charge >= 0.3 is 5.97 Å². The third-order valence-corrected chi connectivity index (χ3v) is 3.02. The fourth-order valence-corrected chi connectivity index (χ4v) is 1.26. The number of nitrogens with zero attached hydrogens (tertiary/aromatic N) is 1. The van der Waals surface area contributed by atoms with Crippen molar-refractivity contribution in [2.45, 2.75) is 18.3 Å². The molecular formula is C6H10N2O5S. The minimum absolute atomic E-state index is 0.649. The summed E-state index contributed by atoms with van der Waals surface area (Å²) < 4.78 is 23.9. The number of carboxylic acids is 1. The van der Waals surface area contributed by atoms with Crippen LogP contribution in [0.25, 0.3) is 0 Å². The Hall–Kier alpha value is -1.17. The van der Waals surface area contributed by atoms with Crippen molar-refractivity contribution in [1.82, 2.24) is 4.72 Å². The minimum atomic E-state index is -3.87. The number of carbonyl (C=O) groups is 1. The van der Waals surface area contributed by atoms with Gasteiger partial charge in [0.1, 0.15) is 0 Å². The third-order valence-electron chi connectivity index (χ3n) is 1.41. The van der Waals surface area contributed by atoms with E-state index in [1.54, 1.807) is 0 Å². The van der Waals surface area contributed by atoms with E-state index >= 15 is 0 Å². The molecule has 2 atom stereocenters. The highest BCUT2D eigenvalue weighted by atomic mass is 32.2. The Morgan fingerprint density at radius 3 is 2.50 bits per heavy atom. The zero-order chi connectivity index (χ0) is 11.4. The lowest BCUT2D eigenvalue weighted by Crippen LogP contribution is -2.39. The standard InChI is InChI=1S/C6H10N2O5S/c1-4(2-7)14(12,13)8-3-5(9)6(10)11/h4-5,8-9H,3H2,1H3,(H,10,11). The Balaban J connectivity index is 4.29. The van der Waals surface area contributed by atoms with Crippen LogP contribution in [0.3, 0.4) is 0 Å². The average molecular weight is 222 g/mol. The van der Waals surface area contributed by atoms with E-state index in [0.717, 1.165) is 6.92 Å². The molecule has 0 aliphatic heterocycles. The highest BCUT2D eigenvalue weighted by Crippen LogP contribution is 1.96. The second-order valence-corrected chi connectivity index (χ2v) is 4.60. The molecule has 80 valence electrons. The molecule has 0 saturated carbocycles. The molecule has 0 rings (SSSR count). The highest BCUT2D eigenvalue weighted by Gasteiger charge is 2.22. The van der Waals surface area contributed by atoms with Crippen LogP contribution in [0.15, 0.2) is 0 Å². The van der Waals surface area contributed by atoms with Crippen molar-refractivity contribution in [3.05, 3.63) is 0 Å². The predicted molar refractivity (Wildman–Crippen MR) is 45.6 cm³/mol. The SMILES string of the molecule is CC(C#N)S(=O)(=O)NCC(O)C(=O)O. The minimum Gasteiger partial charge on any atom is -0.479 e. The summed E-state index contributed by atoms with van der Waals surface area (Å²) in [6.45, 7) is 0.499. The van der Waals surface area contributed by atoms with Crippen LogP contribution < -0.4 is 4.72 Å². The molecule has 14 heavy (non-hydrogen) atoms. The van der Waals surface area contributed by atoms with E-state index in [1.807, 2.05) is 4.72 Å². The maximum absolute atomic E-state index is 11.1. The fourth-order valence-electron chi connectivity index (χ4n) is 0.477. The monoisotopic (exact) mass is 222 g/mol. The van der Waals surface area contributed by atoms with Gasteiger partial charge in [0.15, 0.2) is 11.4 Å². The van der Waals surface area contributed by atoms with Gasteiger partial charge in [0.2, 0.25) is 10.0 Å². The van der Waals surface area contributed by atoms with E-state index in [0.29, 0.717) is 0 Å². The number of hydrogen-bond donors (Lipinski definition) is 3. The first-order chi connectivity index (χ1) is 6.31. The van der Waals surface area contributed by atoms with Gasteiger partial charge in [-0.2, -0.15) is 5.26 Å². The molecule has 7 nitrogen and oxygen atoms in total. The van der Waals surface area contributed by atoms with E-state index in [1.165, 1.54) is 6.07 Å². The van der Waals surface area contributed by atoms with Crippen LogP contribution in [0, 0.1) is 11.3 Å². The molecule has 0 aliphatic carbocycles. The summed E-state index contributed by atoms with van der Waals surface area (Å²) in [5, 5.41) is 24.0. The predicted octanol–water partition coefficient (Wildman–Crippen LogP) is -1.74. The van der Waals surface area contributed by atoms with E-state index in [9.17, 15) is 13.2 Å². The molecule has 3 N–H and O–H groups in total. The maximum atomic E-state index is 11.1. The Kier molecular flexibility index (Phi) is 4.49. The summed E-state index contributed by atoms with van der Waals surface area (Å²) in [5.74, 6) is -1.53. The molecule has 0 spiro atoms. The van der Waals surface area contributed by atoms with Crippen molar-refractivity contribution in [2.24, 2.45) is 0 Å². The van der Waals surface area contributed by atoms with Crippen LogP contribution in [-0.4, -0.2) is 42.5 Å². The van der Waals surface area contributed by atoms with E-state index in [-0.39, 0.29) is 0 Å². The molecule has 0 radical (unpaired) electrons. The molecule has 0 amide bonds. The molecule has 0 saturated heterocycles. The number of sulfonamides is 1. The van der Waals surface area contributed by atoms with Crippen LogP contribution in [0.4, 0.5) is 0 Å². The zero-order valence-corrected chi connectivity index (χ0v) is 8.15. The first kappa shape index (κ1) is 12.8. The van der Waals surface area contributed by atoms with Gasteiger partial charge in [0.25, 0.3) is 0 Å². The molecule has 0 aromatic rings. The van der Waals surface area contributed by atoms with Crippen molar-refractivity contribution in [3.8, 4) is 6.07 Å². The zero-order valence-electron chi connectivity index (χ0n) is 7.34. The number of rotatable bonds is 5. The summed E-state index contributed by atoms with van der Waals surface area (Å²) >= 11 is 0. The van der Waals surface area contributed by atoms with Crippen molar-refractivity contribution < 1.29 is 23.4 Å². The largest absolute Gasteiger partial charge is 0.479 e. The number of carboxylic acid groups (broad SMARTS) is 1. The Bertz CT molecular complexity index is 344. The fraction of sp³-hybridized carbons (Fsp3) is 0.667. The van der Waals surface area contributed by atoms with E-state index in [4.69, 9.17) is 15.5 Å².